The number of anilines is 1. The Kier molecular flexibility index (Phi) is 3.65. The van der Waals surface area contributed by atoms with E-state index < -0.39 is 16.8 Å². The molecule has 0 saturated carbocycles. The van der Waals surface area contributed by atoms with Crippen LogP contribution in [0.3, 0.4) is 0 Å². The lowest BCUT2D eigenvalue weighted by Crippen LogP contribution is -3.12. The molecule has 0 aromatic carbocycles. The molecule has 8 nitrogen and oxygen atoms in total. The van der Waals surface area contributed by atoms with Crippen molar-refractivity contribution in [2.24, 2.45) is 0 Å². The van der Waals surface area contributed by atoms with E-state index in [1.807, 2.05) is 0 Å². The summed E-state index contributed by atoms with van der Waals surface area (Å²) in [6.45, 7) is 0. The monoisotopic (exact) mass is 283 g/mol. The van der Waals surface area contributed by atoms with Gasteiger partial charge < -0.3 is 10.3 Å². The number of allylic oxidation sites excluding steroid dienone is 1. The van der Waals surface area contributed by atoms with Gasteiger partial charge in [0, 0.05) is 6.08 Å². The second-order valence-corrected chi connectivity index (χ2v) is 4.11. The maximum Gasteiger partial charge on any atom is 0.318 e. The molecule has 0 aliphatic carbocycles. The molecule has 0 bridgehead atoms. The lowest BCUT2D eigenvalue weighted by Gasteiger charge is -2.32. The van der Waals surface area contributed by atoms with Gasteiger partial charge in [0.1, 0.15) is 0 Å². The summed E-state index contributed by atoms with van der Waals surface area (Å²) in [7, 11) is 1.47. The number of hydrogen-bond donors (Lipinski definition) is 3. The first-order valence-corrected chi connectivity index (χ1v) is 5.54. The van der Waals surface area contributed by atoms with E-state index in [9.17, 15) is 15.1 Å². The van der Waals surface area contributed by atoms with Gasteiger partial charge in [0.05, 0.1) is 30.7 Å². The number of quaternary nitrogens is 1. The Labute approximate surface area is 113 Å². The quantitative estimate of drug-likeness (QED) is 0.638. The van der Waals surface area contributed by atoms with Crippen LogP contribution in [0.4, 0.5) is 5.95 Å². The van der Waals surface area contributed by atoms with Crippen LogP contribution < -0.4 is 10.5 Å². The molecule has 1 aliphatic heterocycles. The van der Waals surface area contributed by atoms with E-state index in [2.05, 4.69) is 15.3 Å². The molecule has 100 valence electrons. The van der Waals surface area contributed by atoms with Gasteiger partial charge in [-0.05, 0) is 0 Å². The molecule has 1 amide bonds. The lowest BCUT2D eigenvalue weighted by molar-refractivity contribution is -0.921. The first-order valence-electron chi connectivity index (χ1n) is 5.16. The normalized spacial score (nSPS) is 18.7. The molecular formula is C10H10ClN5O3. The zero-order valence-corrected chi connectivity index (χ0v) is 10.5. The minimum Gasteiger partial charge on any atom is -0.602 e. The minimum atomic E-state index is -0.791. The van der Waals surface area contributed by atoms with Crippen LogP contribution in [0.1, 0.15) is 0 Å². The lowest BCUT2D eigenvalue weighted by atomic mass is 10.3. The highest BCUT2D eigenvalue weighted by Crippen LogP contribution is 2.08. The van der Waals surface area contributed by atoms with Crippen molar-refractivity contribution in [3.8, 4) is 0 Å². The number of hydroxylamine groups is 1. The molecule has 3 N–H and O–H groups in total. The van der Waals surface area contributed by atoms with E-state index >= 15 is 0 Å². The van der Waals surface area contributed by atoms with Crippen LogP contribution in [-0.2, 0) is 4.79 Å². The number of aliphatic hydroxyl groups excluding tert-OH is 1. The number of hydrogen-bond acceptors (Lipinski definition) is 6. The van der Waals surface area contributed by atoms with Gasteiger partial charge in [-0.3, -0.25) is 10.1 Å². The predicted molar refractivity (Wildman–Crippen MR) is 66.6 cm³/mol. The number of nitrogens with one attached hydrogen (secondary N) is 2. The van der Waals surface area contributed by atoms with Crippen LogP contribution in [0.25, 0.3) is 0 Å². The van der Waals surface area contributed by atoms with Crippen molar-refractivity contribution >= 4 is 23.5 Å². The highest BCUT2D eigenvalue weighted by Gasteiger charge is 2.27. The molecule has 2 rings (SSSR count). The van der Waals surface area contributed by atoms with Crippen LogP contribution in [0, 0.1) is 5.21 Å². The fourth-order valence-corrected chi connectivity index (χ4v) is 1.47. The fraction of sp³-hybridized carbons (Fsp3) is 0.100. The molecule has 0 fully saturated rings. The summed E-state index contributed by atoms with van der Waals surface area (Å²) < 4.78 is 0. The molecule has 0 radical (unpaired) electrons. The van der Waals surface area contributed by atoms with Crippen molar-refractivity contribution in [2.45, 2.75) is 0 Å². The van der Waals surface area contributed by atoms with Gasteiger partial charge in [-0.1, -0.05) is 11.6 Å². The van der Waals surface area contributed by atoms with Gasteiger partial charge in [-0.2, -0.15) is 0 Å². The number of carbonyl (C=O) groups is 1. The molecule has 1 aromatic rings. The van der Waals surface area contributed by atoms with Crippen LogP contribution in [0.15, 0.2) is 36.1 Å². The van der Waals surface area contributed by atoms with Crippen molar-refractivity contribution < 1.29 is 15.1 Å². The summed E-state index contributed by atoms with van der Waals surface area (Å²) >= 11 is 5.61. The summed E-state index contributed by atoms with van der Waals surface area (Å²) in [5.74, 6) is -1.21. The summed E-state index contributed by atoms with van der Waals surface area (Å²) in [5.41, 5.74) is -0.372. The number of rotatable bonds is 2. The standard InChI is InChI=1S/C10H10ClN5O3/c1-15-3-2-7(17)8(16(15)19)9(18)14-10-12-4-6(11)5-13-10/h2-5,16-17H,1H3,(H,12,13,14,18). The average molecular weight is 284 g/mol. The van der Waals surface area contributed by atoms with Crippen molar-refractivity contribution in [3.05, 3.63) is 46.4 Å². The number of halogens is 1. The maximum absolute atomic E-state index is 11.9. The highest BCUT2D eigenvalue weighted by molar-refractivity contribution is 6.30. The van der Waals surface area contributed by atoms with Crippen molar-refractivity contribution in [3.63, 3.8) is 0 Å². The number of nitrogens with zero attached hydrogens (tertiary/aromatic N) is 3. The Morgan fingerprint density at radius 2 is 2.16 bits per heavy atom. The molecule has 2 heterocycles. The van der Waals surface area contributed by atoms with Crippen molar-refractivity contribution in [1.29, 1.82) is 0 Å². The zero-order chi connectivity index (χ0) is 14.0. The minimum absolute atomic E-state index is 0.0142. The Morgan fingerprint density at radius 1 is 1.53 bits per heavy atom. The third kappa shape index (κ3) is 2.81. The molecule has 9 heteroatoms. The molecular weight excluding hydrogens is 274 g/mol. The first kappa shape index (κ1) is 13.3. The van der Waals surface area contributed by atoms with E-state index in [1.165, 1.54) is 36.7 Å². The third-order valence-electron chi connectivity index (χ3n) is 2.32. The Balaban J connectivity index is 2.20. The molecule has 0 spiro atoms. The largest absolute Gasteiger partial charge is 0.602 e. The van der Waals surface area contributed by atoms with E-state index in [-0.39, 0.29) is 11.6 Å². The maximum atomic E-state index is 11.9. The number of amides is 1. The highest BCUT2D eigenvalue weighted by atomic mass is 35.5. The van der Waals surface area contributed by atoms with Crippen LogP contribution in [-0.4, -0.2) is 33.0 Å². The second kappa shape index (κ2) is 5.22. The summed E-state index contributed by atoms with van der Waals surface area (Å²) in [5, 5.41) is 24.5. The average Bonchev–Trinajstić information content (AvgIpc) is 2.37. The topological polar surface area (TPSA) is 106 Å². The first-order chi connectivity index (χ1) is 8.99. The third-order valence-corrected chi connectivity index (χ3v) is 2.51. The molecule has 1 aliphatic rings. The van der Waals surface area contributed by atoms with Gasteiger partial charge in [0.2, 0.25) is 5.95 Å². The predicted octanol–water partition coefficient (Wildman–Crippen LogP) is -0.405. The smallest absolute Gasteiger partial charge is 0.318 e. The van der Waals surface area contributed by atoms with E-state index in [4.69, 9.17) is 11.6 Å². The number of aromatic nitrogens is 2. The van der Waals surface area contributed by atoms with Gasteiger partial charge in [0.25, 0.3) is 5.70 Å². The zero-order valence-electron chi connectivity index (χ0n) is 9.79. The summed E-state index contributed by atoms with van der Waals surface area (Å²) in [6, 6.07) is 0. The molecule has 1 unspecified atom stereocenters. The Morgan fingerprint density at radius 3 is 2.79 bits per heavy atom. The van der Waals surface area contributed by atoms with Crippen LogP contribution in [0.2, 0.25) is 5.02 Å². The Bertz CT molecular complexity index is 557. The fourth-order valence-electron chi connectivity index (χ4n) is 1.37. The van der Waals surface area contributed by atoms with Crippen molar-refractivity contribution in [2.75, 3.05) is 12.4 Å². The van der Waals surface area contributed by atoms with Crippen LogP contribution in [0.5, 0.6) is 0 Å². The Hall–Kier alpha value is -2.16. The number of carbonyl (C=O) groups excluding carboxylic acids is 1. The van der Waals surface area contributed by atoms with Crippen LogP contribution >= 0.6 is 11.6 Å². The van der Waals surface area contributed by atoms with Crippen molar-refractivity contribution in [1.82, 2.24) is 15.0 Å². The van der Waals surface area contributed by atoms with E-state index in [0.29, 0.717) is 5.02 Å². The van der Waals surface area contributed by atoms with Gasteiger partial charge in [-0.15, -0.1) is 0 Å². The van der Waals surface area contributed by atoms with Gasteiger partial charge >= 0.3 is 5.91 Å². The van der Waals surface area contributed by atoms with Gasteiger partial charge in [-0.25, -0.2) is 20.1 Å². The molecule has 0 saturated heterocycles. The molecule has 1 aromatic heterocycles. The van der Waals surface area contributed by atoms with E-state index in [0.717, 1.165) is 0 Å². The molecule has 19 heavy (non-hydrogen) atoms. The number of aliphatic hydroxyl groups is 1. The summed E-state index contributed by atoms with van der Waals surface area (Å²) in [6.07, 6.45) is 5.20. The SMILES string of the molecule is CN1C=CC(O)=C(C(=O)Nc2ncc(Cl)cn2)[NH+]1[O-]. The second-order valence-electron chi connectivity index (χ2n) is 3.67. The summed E-state index contributed by atoms with van der Waals surface area (Å²) in [4.78, 5) is 19.4. The van der Waals surface area contributed by atoms with E-state index in [1.54, 1.807) is 0 Å². The molecule has 1 atom stereocenters. The van der Waals surface area contributed by atoms with Gasteiger partial charge in [0.15, 0.2) is 5.76 Å².